The highest BCUT2D eigenvalue weighted by Gasteiger charge is 2.26. The van der Waals surface area contributed by atoms with Gasteiger partial charge >= 0.3 is 0 Å². The fourth-order valence-corrected chi connectivity index (χ4v) is 4.98. The van der Waals surface area contributed by atoms with Crippen molar-refractivity contribution >= 4 is 27.5 Å². The van der Waals surface area contributed by atoms with Gasteiger partial charge in [0, 0.05) is 33.2 Å². The van der Waals surface area contributed by atoms with E-state index < -0.39 is 0 Å². The second-order valence-corrected chi connectivity index (χ2v) is 8.33. The fraction of sp³-hybridized carbons (Fsp3) is 0.476. The molecule has 0 bridgehead atoms. The highest BCUT2D eigenvalue weighted by Crippen LogP contribution is 2.30. The molecule has 0 N–H and O–H groups in total. The molecule has 4 rings (SSSR count). The SMILES string of the molecule is COCCCN(Cc1ccco1)C(=O)c1sc2nc3n(c(=O)c2c1C)CCCC3. The van der Waals surface area contributed by atoms with E-state index in [1.54, 1.807) is 22.8 Å². The van der Waals surface area contributed by atoms with Crippen LogP contribution in [0.1, 0.15) is 46.1 Å². The molecule has 1 aliphatic heterocycles. The van der Waals surface area contributed by atoms with Crippen LogP contribution in [-0.2, 0) is 24.2 Å². The van der Waals surface area contributed by atoms with Gasteiger partial charge in [-0.3, -0.25) is 14.2 Å². The van der Waals surface area contributed by atoms with E-state index in [2.05, 4.69) is 0 Å². The van der Waals surface area contributed by atoms with Gasteiger partial charge in [0.15, 0.2) is 0 Å². The number of fused-ring (bicyclic) bond motifs is 2. The van der Waals surface area contributed by atoms with Gasteiger partial charge in [-0.25, -0.2) is 4.98 Å². The molecule has 0 radical (unpaired) electrons. The Morgan fingerprint density at radius 3 is 3.03 bits per heavy atom. The zero-order chi connectivity index (χ0) is 20.4. The molecule has 8 heteroatoms. The van der Waals surface area contributed by atoms with Crippen LogP contribution in [-0.4, -0.2) is 40.6 Å². The van der Waals surface area contributed by atoms with Gasteiger partial charge < -0.3 is 14.1 Å². The van der Waals surface area contributed by atoms with Gasteiger partial charge in [0.2, 0.25) is 0 Å². The van der Waals surface area contributed by atoms with E-state index in [0.717, 1.165) is 42.8 Å². The molecule has 3 aromatic heterocycles. The molecule has 0 spiro atoms. The summed E-state index contributed by atoms with van der Waals surface area (Å²) in [4.78, 5) is 34.2. The third kappa shape index (κ3) is 3.86. The van der Waals surface area contributed by atoms with Crippen LogP contribution >= 0.6 is 11.3 Å². The topological polar surface area (TPSA) is 77.6 Å². The highest BCUT2D eigenvalue weighted by atomic mass is 32.1. The van der Waals surface area contributed by atoms with Crippen LogP contribution < -0.4 is 5.56 Å². The number of thiophene rings is 1. The summed E-state index contributed by atoms with van der Waals surface area (Å²) in [6.07, 6.45) is 5.18. The van der Waals surface area contributed by atoms with E-state index in [9.17, 15) is 9.59 Å². The number of methoxy groups -OCH3 is 1. The number of carbonyl (C=O) groups is 1. The molecule has 0 saturated carbocycles. The molecular formula is C21H25N3O4S. The first-order valence-corrected chi connectivity index (χ1v) is 10.7. The van der Waals surface area contributed by atoms with Crippen molar-refractivity contribution in [1.82, 2.24) is 14.5 Å². The van der Waals surface area contributed by atoms with Gasteiger partial charge in [-0.2, -0.15) is 0 Å². The summed E-state index contributed by atoms with van der Waals surface area (Å²) < 4.78 is 12.4. The molecule has 0 aliphatic carbocycles. The lowest BCUT2D eigenvalue weighted by molar-refractivity contribution is 0.0715. The molecule has 4 heterocycles. The Bertz CT molecular complexity index is 1070. The average Bonchev–Trinajstić information content (AvgIpc) is 3.35. The van der Waals surface area contributed by atoms with Crippen molar-refractivity contribution in [2.75, 3.05) is 20.3 Å². The second-order valence-electron chi connectivity index (χ2n) is 7.33. The molecule has 0 saturated heterocycles. The number of aryl methyl sites for hydroxylation is 2. The molecule has 7 nitrogen and oxygen atoms in total. The first kappa shape index (κ1) is 19.8. The number of aromatic nitrogens is 2. The van der Waals surface area contributed by atoms with E-state index in [-0.39, 0.29) is 11.5 Å². The van der Waals surface area contributed by atoms with Gasteiger partial charge in [0.1, 0.15) is 16.4 Å². The summed E-state index contributed by atoms with van der Waals surface area (Å²) in [6.45, 7) is 4.06. The first-order chi connectivity index (χ1) is 14.1. The summed E-state index contributed by atoms with van der Waals surface area (Å²) in [7, 11) is 1.65. The molecule has 0 unspecified atom stereocenters. The van der Waals surface area contributed by atoms with E-state index in [4.69, 9.17) is 14.1 Å². The Hall–Kier alpha value is -2.45. The van der Waals surface area contributed by atoms with Crippen LogP contribution in [0.2, 0.25) is 0 Å². The van der Waals surface area contributed by atoms with Crippen molar-refractivity contribution in [2.24, 2.45) is 0 Å². The summed E-state index contributed by atoms with van der Waals surface area (Å²) in [5, 5.41) is 0.582. The number of amides is 1. The standard InChI is InChI=1S/C21H25N3O4S/c1-14-17-19(22-16-8-3-4-10-24(16)20(17)25)29-18(14)21(26)23(9-6-11-27-2)13-15-7-5-12-28-15/h5,7,12H,3-4,6,8-11,13H2,1-2H3. The molecule has 3 aromatic rings. The normalized spacial score (nSPS) is 13.6. The molecule has 1 amide bonds. The molecule has 1 aliphatic rings. The quantitative estimate of drug-likeness (QED) is 0.553. The third-order valence-electron chi connectivity index (χ3n) is 5.35. The van der Waals surface area contributed by atoms with Gasteiger partial charge in [0.25, 0.3) is 11.5 Å². The molecule has 0 fully saturated rings. The van der Waals surface area contributed by atoms with Gasteiger partial charge in [-0.05, 0) is 43.9 Å². The van der Waals surface area contributed by atoms with Crippen molar-refractivity contribution in [1.29, 1.82) is 0 Å². The van der Waals surface area contributed by atoms with Crippen LogP contribution in [0.25, 0.3) is 10.2 Å². The van der Waals surface area contributed by atoms with Crippen LogP contribution in [0, 0.1) is 6.92 Å². The van der Waals surface area contributed by atoms with Gasteiger partial charge in [0.05, 0.1) is 23.1 Å². The summed E-state index contributed by atoms with van der Waals surface area (Å²) in [5.41, 5.74) is 0.707. The van der Waals surface area contributed by atoms with Crippen LogP contribution in [0.15, 0.2) is 27.6 Å². The number of hydrogen-bond acceptors (Lipinski definition) is 6. The number of nitrogens with zero attached hydrogens (tertiary/aromatic N) is 3. The van der Waals surface area contributed by atoms with E-state index in [1.165, 1.54) is 11.3 Å². The van der Waals surface area contributed by atoms with Crippen LogP contribution in [0.4, 0.5) is 0 Å². The predicted octanol–water partition coefficient (Wildman–Crippen LogP) is 3.37. The fourth-order valence-electron chi connectivity index (χ4n) is 3.82. The minimum Gasteiger partial charge on any atom is -0.467 e. The van der Waals surface area contributed by atoms with Crippen molar-refractivity contribution in [2.45, 2.75) is 45.7 Å². The van der Waals surface area contributed by atoms with Crippen LogP contribution in [0.5, 0.6) is 0 Å². The van der Waals surface area contributed by atoms with Gasteiger partial charge in [-0.1, -0.05) is 0 Å². The molecule has 0 aromatic carbocycles. The Kier molecular flexibility index (Phi) is 5.82. The minimum atomic E-state index is -0.0969. The largest absolute Gasteiger partial charge is 0.467 e. The number of rotatable bonds is 7. The number of carbonyl (C=O) groups excluding carboxylic acids is 1. The zero-order valence-corrected chi connectivity index (χ0v) is 17.6. The van der Waals surface area contributed by atoms with Crippen molar-refractivity contribution in [3.8, 4) is 0 Å². The number of hydrogen-bond donors (Lipinski definition) is 0. The summed E-state index contributed by atoms with van der Waals surface area (Å²) in [5.74, 6) is 1.46. The molecule has 0 atom stereocenters. The Balaban J connectivity index is 1.70. The van der Waals surface area contributed by atoms with E-state index in [1.807, 2.05) is 19.1 Å². The summed E-state index contributed by atoms with van der Waals surface area (Å²) >= 11 is 1.32. The highest BCUT2D eigenvalue weighted by molar-refractivity contribution is 7.20. The van der Waals surface area contributed by atoms with Crippen molar-refractivity contribution < 1.29 is 13.9 Å². The second kappa shape index (κ2) is 8.51. The van der Waals surface area contributed by atoms with E-state index >= 15 is 0 Å². The smallest absolute Gasteiger partial charge is 0.264 e. The molecule has 154 valence electrons. The van der Waals surface area contributed by atoms with Crippen LogP contribution in [0.3, 0.4) is 0 Å². The van der Waals surface area contributed by atoms with E-state index in [0.29, 0.717) is 41.3 Å². The lowest BCUT2D eigenvalue weighted by atomic mass is 10.1. The minimum absolute atomic E-state index is 0.0190. The Labute approximate surface area is 172 Å². The monoisotopic (exact) mass is 415 g/mol. The third-order valence-corrected chi connectivity index (χ3v) is 6.52. The van der Waals surface area contributed by atoms with Crippen molar-refractivity contribution in [3.63, 3.8) is 0 Å². The number of ether oxygens (including phenoxy) is 1. The van der Waals surface area contributed by atoms with Crippen molar-refractivity contribution in [3.05, 3.63) is 50.8 Å². The predicted molar refractivity (Wildman–Crippen MR) is 111 cm³/mol. The summed E-state index contributed by atoms with van der Waals surface area (Å²) in [6, 6.07) is 3.67. The maximum Gasteiger partial charge on any atom is 0.264 e. The Morgan fingerprint density at radius 2 is 2.28 bits per heavy atom. The maximum absolute atomic E-state index is 13.4. The number of furan rings is 1. The molecular weight excluding hydrogens is 390 g/mol. The Morgan fingerprint density at radius 1 is 1.41 bits per heavy atom. The first-order valence-electron chi connectivity index (χ1n) is 9.93. The zero-order valence-electron chi connectivity index (χ0n) is 16.8. The van der Waals surface area contributed by atoms with Gasteiger partial charge in [-0.15, -0.1) is 11.3 Å². The maximum atomic E-state index is 13.4. The lowest BCUT2D eigenvalue weighted by Gasteiger charge is -2.21. The average molecular weight is 416 g/mol. The lowest BCUT2D eigenvalue weighted by Crippen LogP contribution is -2.32. The molecule has 29 heavy (non-hydrogen) atoms.